The molecule has 0 radical (unpaired) electrons. The number of benzene rings is 2. The van der Waals surface area contributed by atoms with Crippen LogP contribution in [-0.4, -0.2) is 67.0 Å². The molecule has 35 heavy (non-hydrogen) atoms. The fourth-order valence-corrected chi connectivity index (χ4v) is 4.61. The van der Waals surface area contributed by atoms with Gasteiger partial charge in [-0.1, -0.05) is 36.4 Å². The number of hydrogen-bond donors (Lipinski definition) is 1. The zero-order valence-corrected chi connectivity index (χ0v) is 19.5. The van der Waals surface area contributed by atoms with Crippen LogP contribution in [0.2, 0.25) is 0 Å². The normalized spacial score (nSPS) is 20.8. The van der Waals surface area contributed by atoms with Gasteiger partial charge in [0.25, 0.3) is 5.91 Å². The summed E-state index contributed by atoms with van der Waals surface area (Å²) in [4.78, 5) is 40.8. The monoisotopic (exact) mass is 479 g/mol. The van der Waals surface area contributed by atoms with E-state index in [9.17, 15) is 14.4 Å². The number of nitrogens with one attached hydrogen (secondary N) is 1. The molecule has 3 amide bonds. The molecule has 2 aromatic carbocycles. The Morgan fingerprint density at radius 1 is 1.00 bits per heavy atom. The molecule has 184 valence electrons. The summed E-state index contributed by atoms with van der Waals surface area (Å²) in [5.41, 5.74) is 4.26. The number of hydrogen-bond acceptors (Lipinski definition) is 7. The van der Waals surface area contributed by atoms with E-state index >= 15 is 0 Å². The van der Waals surface area contributed by atoms with Crippen molar-refractivity contribution in [3.05, 3.63) is 64.7 Å². The average molecular weight is 480 g/mol. The molecule has 0 aliphatic carbocycles. The molecule has 9 nitrogen and oxygen atoms in total. The third kappa shape index (κ3) is 5.53. The minimum Gasteiger partial charge on any atom is -0.489 e. The lowest BCUT2D eigenvalue weighted by atomic mass is 10.1. The van der Waals surface area contributed by atoms with Crippen LogP contribution in [0.5, 0.6) is 5.75 Å². The maximum atomic E-state index is 13.0. The van der Waals surface area contributed by atoms with Gasteiger partial charge in [0.05, 0.1) is 26.4 Å². The maximum absolute atomic E-state index is 13.0. The summed E-state index contributed by atoms with van der Waals surface area (Å²) >= 11 is 0. The van der Waals surface area contributed by atoms with Gasteiger partial charge >= 0.3 is 0 Å². The summed E-state index contributed by atoms with van der Waals surface area (Å²) in [5.74, 6) is -1.79. The van der Waals surface area contributed by atoms with Crippen molar-refractivity contribution in [1.29, 1.82) is 0 Å². The molecule has 9 heteroatoms. The van der Waals surface area contributed by atoms with E-state index in [0.717, 1.165) is 55.3 Å². The number of carbonyl (C=O) groups excluding carboxylic acids is 3. The Hall–Kier alpha value is -3.27. The average Bonchev–Trinajstić information content (AvgIpc) is 3.24. The lowest BCUT2D eigenvalue weighted by Crippen LogP contribution is -2.43. The number of amides is 3. The van der Waals surface area contributed by atoms with Crippen molar-refractivity contribution in [1.82, 2.24) is 15.1 Å². The van der Waals surface area contributed by atoms with Gasteiger partial charge in [-0.2, -0.15) is 0 Å². The van der Waals surface area contributed by atoms with Gasteiger partial charge in [-0.05, 0) is 22.8 Å². The second-order valence-electron chi connectivity index (χ2n) is 9.06. The Labute approximate surface area is 203 Å². The van der Waals surface area contributed by atoms with E-state index in [1.165, 1.54) is 5.56 Å². The Morgan fingerprint density at radius 2 is 1.77 bits per heavy atom. The molecule has 0 saturated carbocycles. The Morgan fingerprint density at radius 3 is 2.57 bits per heavy atom. The number of fused-ring (bicyclic) bond motifs is 1. The predicted molar refractivity (Wildman–Crippen MR) is 125 cm³/mol. The summed E-state index contributed by atoms with van der Waals surface area (Å²) in [5, 5.41) is 2.21. The van der Waals surface area contributed by atoms with Crippen molar-refractivity contribution in [3.63, 3.8) is 0 Å². The molecule has 1 atom stereocenters. The first-order valence-corrected chi connectivity index (χ1v) is 11.9. The highest BCUT2D eigenvalue weighted by Crippen LogP contribution is 2.32. The van der Waals surface area contributed by atoms with E-state index < -0.39 is 17.7 Å². The summed E-state index contributed by atoms with van der Waals surface area (Å²) in [6.07, 6.45) is 0. The van der Waals surface area contributed by atoms with Crippen LogP contribution >= 0.6 is 0 Å². The van der Waals surface area contributed by atoms with Crippen molar-refractivity contribution in [2.75, 3.05) is 39.5 Å². The van der Waals surface area contributed by atoms with Gasteiger partial charge in [0, 0.05) is 31.7 Å². The van der Waals surface area contributed by atoms with Crippen LogP contribution in [-0.2, 0) is 50.1 Å². The van der Waals surface area contributed by atoms with Gasteiger partial charge in [0.1, 0.15) is 24.9 Å². The molecule has 0 unspecified atom stereocenters. The van der Waals surface area contributed by atoms with Crippen molar-refractivity contribution >= 4 is 17.7 Å². The molecular formula is C26H29N3O6. The summed E-state index contributed by atoms with van der Waals surface area (Å²) in [7, 11) is 0. The second-order valence-corrected chi connectivity index (χ2v) is 9.06. The molecule has 1 N–H and O–H groups in total. The molecule has 2 saturated heterocycles. The fourth-order valence-electron chi connectivity index (χ4n) is 4.61. The number of nitrogens with zero attached hydrogens (tertiary/aromatic N) is 2. The Kier molecular flexibility index (Phi) is 7.08. The van der Waals surface area contributed by atoms with Crippen LogP contribution in [0, 0.1) is 5.92 Å². The lowest BCUT2D eigenvalue weighted by Gasteiger charge is -2.26. The Bertz CT molecular complexity index is 1100. The van der Waals surface area contributed by atoms with E-state index in [2.05, 4.69) is 34.5 Å². The molecule has 3 heterocycles. The number of carbonyl (C=O) groups is 3. The third-order valence-corrected chi connectivity index (χ3v) is 6.57. The topological polar surface area (TPSA) is 97.4 Å². The molecule has 0 aromatic heterocycles. The molecule has 2 fully saturated rings. The lowest BCUT2D eigenvalue weighted by molar-refractivity contribution is -0.144. The van der Waals surface area contributed by atoms with Crippen LogP contribution in [0.1, 0.15) is 22.3 Å². The maximum Gasteiger partial charge on any atom is 0.252 e. The number of imide groups is 1. The van der Waals surface area contributed by atoms with Gasteiger partial charge in [0.15, 0.2) is 0 Å². The van der Waals surface area contributed by atoms with Crippen molar-refractivity contribution < 1.29 is 28.6 Å². The van der Waals surface area contributed by atoms with Gasteiger partial charge < -0.3 is 19.1 Å². The zero-order chi connectivity index (χ0) is 24.2. The van der Waals surface area contributed by atoms with Crippen molar-refractivity contribution in [2.45, 2.75) is 26.2 Å². The summed E-state index contributed by atoms with van der Waals surface area (Å²) in [6, 6.07) is 14.2. The first kappa shape index (κ1) is 23.5. The Balaban J connectivity index is 1.19. The van der Waals surface area contributed by atoms with E-state index in [4.69, 9.17) is 14.2 Å². The molecule has 2 aromatic rings. The highest BCUT2D eigenvalue weighted by atomic mass is 16.5. The standard InChI is InChI=1S/C26H29N3O6/c30-24-17-34-16-22(25(31)27-24)26(32)29-13-20-2-1-3-23(21(20)14-29)35-15-19-6-4-18(5-7-19)12-28-8-10-33-11-9-28/h1-7,22H,8-17H2,(H,27,30,31)/t22-/m0/s1. The van der Waals surface area contributed by atoms with Crippen LogP contribution in [0.25, 0.3) is 0 Å². The van der Waals surface area contributed by atoms with E-state index in [0.29, 0.717) is 19.7 Å². The van der Waals surface area contributed by atoms with E-state index in [-0.39, 0.29) is 19.1 Å². The SMILES string of the molecule is O=C1COC[C@H](C(=O)N2Cc3cccc(OCc4ccc(CN5CCOCC5)cc4)c3C2)C(=O)N1. The number of ether oxygens (including phenoxy) is 3. The summed E-state index contributed by atoms with van der Waals surface area (Å²) < 4.78 is 16.7. The largest absolute Gasteiger partial charge is 0.489 e. The van der Waals surface area contributed by atoms with Gasteiger partial charge in [-0.15, -0.1) is 0 Å². The first-order chi connectivity index (χ1) is 17.1. The number of rotatable bonds is 6. The number of morpholine rings is 1. The minimum atomic E-state index is -1.03. The predicted octanol–water partition coefficient (Wildman–Crippen LogP) is 1.23. The second kappa shape index (κ2) is 10.6. The smallest absolute Gasteiger partial charge is 0.252 e. The van der Waals surface area contributed by atoms with Crippen LogP contribution in [0.3, 0.4) is 0 Å². The fraction of sp³-hybridized carbons (Fsp3) is 0.423. The zero-order valence-electron chi connectivity index (χ0n) is 19.5. The van der Waals surface area contributed by atoms with E-state index in [1.54, 1.807) is 4.90 Å². The van der Waals surface area contributed by atoms with E-state index in [1.807, 2.05) is 18.2 Å². The molecule has 0 bridgehead atoms. The van der Waals surface area contributed by atoms with Crippen molar-refractivity contribution in [2.24, 2.45) is 5.92 Å². The van der Waals surface area contributed by atoms with Crippen LogP contribution in [0.15, 0.2) is 42.5 Å². The van der Waals surface area contributed by atoms with Crippen LogP contribution < -0.4 is 10.1 Å². The highest BCUT2D eigenvalue weighted by molar-refractivity contribution is 6.07. The van der Waals surface area contributed by atoms with Gasteiger partial charge in [0.2, 0.25) is 11.8 Å². The first-order valence-electron chi connectivity index (χ1n) is 11.9. The molecule has 3 aliphatic heterocycles. The molecule has 3 aliphatic rings. The van der Waals surface area contributed by atoms with Crippen molar-refractivity contribution in [3.8, 4) is 5.75 Å². The molecule has 5 rings (SSSR count). The quantitative estimate of drug-likeness (QED) is 0.492. The van der Waals surface area contributed by atoms with Gasteiger partial charge in [-0.25, -0.2) is 0 Å². The molecular weight excluding hydrogens is 450 g/mol. The van der Waals surface area contributed by atoms with Gasteiger partial charge in [-0.3, -0.25) is 24.6 Å². The molecule has 0 spiro atoms. The minimum absolute atomic E-state index is 0.103. The summed E-state index contributed by atoms with van der Waals surface area (Å²) in [6.45, 7) is 5.24. The highest BCUT2D eigenvalue weighted by Gasteiger charge is 2.37. The van der Waals surface area contributed by atoms with Crippen LogP contribution in [0.4, 0.5) is 0 Å². The third-order valence-electron chi connectivity index (χ3n) is 6.57.